The Balaban J connectivity index is 2.51. The lowest BCUT2D eigenvalue weighted by atomic mass is 9.86. The first-order chi connectivity index (χ1) is 10.3. The molecule has 0 aliphatic rings. The van der Waals surface area contributed by atoms with E-state index in [0.717, 1.165) is 23.5 Å². The molecule has 0 bridgehead atoms. The zero-order valence-electron chi connectivity index (χ0n) is 12.3. The van der Waals surface area contributed by atoms with Crippen molar-refractivity contribution in [3.8, 4) is 11.1 Å². The summed E-state index contributed by atoms with van der Waals surface area (Å²) >= 11 is 1.01. The molecule has 22 heavy (non-hydrogen) atoms. The van der Waals surface area contributed by atoms with E-state index in [1.807, 2.05) is 0 Å². The molecule has 0 amide bonds. The molecule has 3 N–H and O–H groups in total. The summed E-state index contributed by atoms with van der Waals surface area (Å²) in [4.78, 5) is 0. The summed E-state index contributed by atoms with van der Waals surface area (Å²) in [6, 6.07) is 3.61. The molecular formula is C15H17BF2O3S. The van der Waals surface area contributed by atoms with E-state index in [4.69, 9.17) is 10.0 Å². The van der Waals surface area contributed by atoms with Crippen LogP contribution in [0, 0.1) is 11.6 Å². The Hall–Kier alpha value is -1.28. The minimum absolute atomic E-state index is 0.203. The third kappa shape index (κ3) is 3.08. The zero-order valence-corrected chi connectivity index (χ0v) is 13.1. The van der Waals surface area contributed by atoms with Crippen LogP contribution in [0.25, 0.3) is 11.1 Å². The maximum atomic E-state index is 14.3. The summed E-state index contributed by atoms with van der Waals surface area (Å²) in [5, 5.41) is 30.0. The molecule has 0 unspecified atom stereocenters. The van der Waals surface area contributed by atoms with Crippen LogP contribution in [0.5, 0.6) is 0 Å². The monoisotopic (exact) mass is 326 g/mol. The van der Waals surface area contributed by atoms with Crippen LogP contribution in [0.1, 0.15) is 32.3 Å². The van der Waals surface area contributed by atoms with Gasteiger partial charge in [0.25, 0.3) is 0 Å². The van der Waals surface area contributed by atoms with Gasteiger partial charge in [0.1, 0.15) is 11.6 Å². The quantitative estimate of drug-likeness (QED) is 0.740. The van der Waals surface area contributed by atoms with Gasteiger partial charge in [-0.2, -0.15) is 11.3 Å². The number of rotatable bonds is 5. The maximum absolute atomic E-state index is 14.3. The second-order valence-electron chi connectivity index (χ2n) is 5.17. The van der Waals surface area contributed by atoms with E-state index >= 15 is 0 Å². The van der Waals surface area contributed by atoms with Gasteiger partial charge in [-0.15, -0.1) is 0 Å². The molecule has 118 valence electrons. The summed E-state index contributed by atoms with van der Waals surface area (Å²) in [7, 11) is -1.67. The van der Waals surface area contributed by atoms with Gasteiger partial charge >= 0.3 is 7.12 Å². The fraction of sp³-hybridized carbons (Fsp3) is 0.333. The fourth-order valence-electron chi connectivity index (χ4n) is 2.40. The number of aliphatic hydroxyl groups is 1. The standard InChI is InChI=1S/C15H17BF2O3S/c1-3-15(19,4-2)10-6-11(17)14(12(18)7-10)9-5-13(16(20)21)22-8-9/h5-8,19-21H,3-4H2,1-2H3. The normalized spacial score (nSPS) is 11.8. The topological polar surface area (TPSA) is 60.7 Å². The summed E-state index contributed by atoms with van der Waals surface area (Å²) in [6.07, 6.45) is 0.696. The van der Waals surface area contributed by atoms with Gasteiger partial charge in [-0.1, -0.05) is 13.8 Å². The molecule has 0 aliphatic carbocycles. The molecule has 1 aromatic carbocycles. The van der Waals surface area contributed by atoms with E-state index in [-0.39, 0.29) is 21.5 Å². The van der Waals surface area contributed by atoms with E-state index in [9.17, 15) is 13.9 Å². The first-order valence-corrected chi connectivity index (χ1v) is 7.87. The van der Waals surface area contributed by atoms with Crippen LogP contribution >= 0.6 is 11.3 Å². The molecule has 1 aromatic heterocycles. The van der Waals surface area contributed by atoms with Crippen LogP contribution in [0.15, 0.2) is 23.6 Å². The van der Waals surface area contributed by atoms with Crippen molar-refractivity contribution in [1.29, 1.82) is 0 Å². The minimum atomic E-state index is -1.67. The van der Waals surface area contributed by atoms with Crippen LogP contribution in [-0.2, 0) is 5.60 Å². The van der Waals surface area contributed by atoms with Crippen LogP contribution in [0.4, 0.5) is 8.78 Å². The number of thiophene rings is 1. The van der Waals surface area contributed by atoms with Gasteiger partial charge < -0.3 is 15.2 Å². The molecule has 3 nitrogen and oxygen atoms in total. The third-order valence-corrected chi connectivity index (χ3v) is 4.88. The highest BCUT2D eigenvalue weighted by Crippen LogP contribution is 2.34. The number of benzene rings is 1. The number of hydrogen-bond donors (Lipinski definition) is 3. The number of hydrogen-bond acceptors (Lipinski definition) is 4. The minimum Gasteiger partial charge on any atom is -0.423 e. The van der Waals surface area contributed by atoms with E-state index in [0.29, 0.717) is 12.8 Å². The Morgan fingerprint density at radius 1 is 1.09 bits per heavy atom. The Bertz CT molecular complexity index is 646. The molecule has 0 radical (unpaired) electrons. The van der Waals surface area contributed by atoms with Crippen molar-refractivity contribution >= 4 is 23.2 Å². The Morgan fingerprint density at radius 3 is 2.05 bits per heavy atom. The van der Waals surface area contributed by atoms with Gasteiger partial charge in [0.05, 0.1) is 11.2 Å². The second kappa shape index (κ2) is 6.46. The summed E-state index contributed by atoms with van der Waals surface area (Å²) in [5.41, 5.74) is -1.05. The molecule has 0 spiro atoms. The van der Waals surface area contributed by atoms with Crippen molar-refractivity contribution in [2.45, 2.75) is 32.3 Å². The summed E-state index contributed by atoms with van der Waals surface area (Å²) < 4.78 is 28.9. The lowest BCUT2D eigenvalue weighted by Crippen LogP contribution is -2.26. The van der Waals surface area contributed by atoms with E-state index in [2.05, 4.69) is 0 Å². The van der Waals surface area contributed by atoms with Crippen molar-refractivity contribution in [3.05, 3.63) is 40.8 Å². The smallest absolute Gasteiger partial charge is 0.423 e. The van der Waals surface area contributed by atoms with Gasteiger partial charge in [0.2, 0.25) is 0 Å². The maximum Gasteiger partial charge on any atom is 0.499 e. The van der Waals surface area contributed by atoms with Crippen LogP contribution < -0.4 is 4.78 Å². The SMILES string of the molecule is CCC(O)(CC)c1cc(F)c(-c2csc(B(O)O)c2)c(F)c1. The third-order valence-electron chi connectivity index (χ3n) is 3.91. The van der Waals surface area contributed by atoms with Crippen LogP contribution in [0.3, 0.4) is 0 Å². The van der Waals surface area contributed by atoms with Gasteiger partial charge in [0.15, 0.2) is 0 Å². The fourth-order valence-corrected chi connectivity index (χ4v) is 3.16. The van der Waals surface area contributed by atoms with Gasteiger partial charge in [0, 0.05) is 4.78 Å². The second-order valence-corrected chi connectivity index (χ2v) is 6.11. The molecule has 0 saturated carbocycles. The Morgan fingerprint density at radius 2 is 1.64 bits per heavy atom. The van der Waals surface area contributed by atoms with Gasteiger partial charge in [-0.25, -0.2) is 8.78 Å². The Kier molecular flexibility index (Phi) is 5.02. The summed E-state index contributed by atoms with van der Waals surface area (Å²) in [6.45, 7) is 3.50. The highest BCUT2D eigenvalue weighted by molar-refractivity contribution is 7.20. The van der Waals surface area contributed by atoms with E-state index in [1.54, 1.807) is 13.8 Å². The highest BCUT2D eigenvalue weighted by Gasteiger charge is 2.28. The molecule has 2 aromatic rings. The van der Waals surface area contributed by atoms with Gasteiger partial charge in [-0.05, 0) is 47.5 Å². The zero-order chi connectivity index (χ0) is 16.5. The van der Waals surface area contributed by atoms with Crippen molar-refractivity contribution < 1.29 is 23.9 Å². The van der Waals surface area contributed by atoms with Crippen molar-refractivity contribution in [2.75, 3.05) is 0 Å². The van der Waals surface area contributed by atoms with Crippen molar-refractivity contribution in [3.63, 3.8) is 0 Å². The molecule has 0 atom stereocenters. The lowest BCUT2D eigenvalue weighted by molar-refractivity contribution is 0.0278. The molecule has 0 saturated heterocycles. The van der Waals surface area contributed by atoms with E-state index < -0.39 is 24.4 Å². The van der Waals surface area contributed by atoms with Crippen molar-refractivity contribution in [1.82, 2.24) is 0 Å². The first kappa shape index (κ1) is 17.1. The van der Waals surface area contributed by atoms with Crippen LogP contribution in [-0.4, -0.2) is 22.3 Å². The van der Waals surface area contributed by atoms with E-state index in [1.165, 1.54) is 11.4 Å². The lowest BCUT2D eigenvalue weighted by Gasteiger charge is -2.26. The number of halogens is 2. The highest BCUT2D eigenvalue weighted by atomic mass is 32.1. The molecule has 7 heteroatoms. The average molecular weight is 326 g/mol. The molecular weight excluding hydrogens is 309 g/mol. The largest absolute Gasteiger partial charge is 0.499 e. The average Bonchev–Trinajstić information content (AvgIpc) is 2.95. The first-order valence-electron chi connectivity index (χ1n) is 6.99. The molecule has 2 rings (SSSR count). The van der Waals surface area contributed by atoms with Crippen molar-refractivity contribution in [2.24, 2.45) is 0 Å². The Labute approximate surface area is 132 Å². The molecule has 0 fully saturated rings. The predicted molar refractivity (Wildman–Crippen MR) is 84.0 cm³/mol. The summed E-state index contributed by atoms with van der Waals surface area (Å²) in [5.74, 6) is -1.57. The molecule has 0 aliphatic heterocycles. The molecule has 1 heterocycles. The van der Waals surface area contributed by atoms with Crippen LogP contribution in [0.2, 0.25) is 0 Å². The predicted octanol–water partition coefficient (Wildman–Crippen LogP) is 2.38. The van der Waals surface area contributed by atoms with Gasteiger partial charge in [-0.3, -0.25) is 0 Å².